The number of fused-ring (bicyclic) bond motifs is 1. The van der Waals surface area contributed by atoms with E-state index in [9.17, 15) is 0 Å². The summed E-state index contributed by atoms with van der Waals surface area (Å²) in [5.74, 6) is -0.705. The molecule has 4 heteroatoms. The zero-order valence-corrected chi connectivity index (χ0v) is 23.5. The van der Waals surface area contributed by atoms with E-state index in [0.717, 1.165) is 5.57 Å². The molecule has 0 saturated carbocycles. The molecular weight excluding hydrogens is 539 g/mol. The first-order valence-electron chi connectivity index (χ1n) is 14.2. The summed E-state index contributed by atoms with van der Waals surface area (Å²) in [4.78, 5) is 0. The van der Waals surface area contributed by atoms with E-state index in [-0.39, 0.29) is 6.42 Å². The average molecular weight is 579 g/mol. The van der Waals surface area contributed by atoms with E-state index >= 15 is 0 Å². The summed E-state index contributed by atoms with van der Waals surface area (Å²) in [6.45, 7) is -0.00133. The number of ether oxygens (including phenoxy) is 3. The van der Waals surface area contributed by atoms with Crippen molar-refractivity contribution in [1.29, 1.82) is 0 Å². The van der Waals surface area contributed by atoms with Crippen molar-refractivity contribution in [2.24, 2.45) is 5.92 Å². The van der Waals surface area contributed by atoms with Crippen molar-refractivity contribution < 1.29 is 19.7 Å². The molecular formula is C31H36O3Sn. The summed E-state index contributed by atoms with van der Waals surface area (Å²) in [5.41, 5.74) is -1.35. The Bertz CT molecular complexity index is 1220. The van der Waals surface area contributed by atoms with Crippen LogP contribution in [0.25, 0.3) is 0 Å². The molecule has 5 rings (SSSR count). The van der Waals surface area contributed by atoms with Crippen LogP contribution in [-0.4, -0.2) is 56.4 Å². The van der Waals surface area contributed by atoms with Crippen molar-refractivity contribution in [3.8, 4) is 0 Å². The van der Waals surface area contributed by atoms with Crippen LogP contribution < -0.4 is 10.7 Å². The predicted molar refractivity (Wildman–Crippen MR) is 145 cm³/mol. The van der Waals surface area contributed by atoms with E-state index in [1.54, 1.807) is 6.92 Å². The topological polar surface area (TPSA) is 27.7 Å². The SMILES string of the molecule is [2H]C([2H])(C[C@@]1(C)OC([2H])([2H])[C@@H]2/C(=[CH]/[Sn]([c]3ccccc3)([c]3ccccc3)[c]3ccccc3)CCO[C@@]21C)OC. The van der Waals surface area contributed by atoms with Gasteiger partial charge in [-0.1, -0.05) is 0 Å². The number of methoxy groups -OCH3 is 1. The van der Waals surface area contributed by atoms with Crippen LogP contribution in [0.15, 0.2) is 101 Å². The Balaban J connectivity index is 1.76. The minimum atomic E-state index is -3.88. The van der Waals surface area contributed by atoms with E-state index in [2.05, 4.69) is 76.9 Å². The monoisotopic (exact) mass is 580 g/mol. The molecule has 2 aliphatic rings. The first kappa shape index (κ1) is 20.2. The average Bonchev–Trinajstić information content (AvgIpc) is 3.08. The summed E-state index contributed by atoms with van der Waals surface area (Å²) < 4.78 is 58.7. The van der Waals surface area contributed by atoms with Crippen molar-refractivity contribution in [3.63, 3.8) is 0 Å². The number of hydrogen-bond donors (Lipinski definition) is 0. The van der Waals surface area contributed by atoms with E-state index in [1.807, 2.05) is 25.1 Å². The molecule has 3 aromatic carbocycles. The van der Waals surface area contributed by atoms with Crippen LogP contribution in [0.4, 0.5) is 0 Å². The van der Waals surface area contributed by atoms with Gasteiger partial charge in [0.2, 0.25) is 0 Å². The van der Waals surface area contributed by atoms with Gasteiger partial charge < -0.3 is 0 Å². The van der Waals surface area contributed by atoms with E-state index in [0.29, 0.717) is 13.0 Å². The van der Waals surface area contributed by atoms with Crippen LogP contribution in [0.5, 0.6) is 0 Å². The molecule has 182 valence electrons. The van der Waals surface area contributed by atoms with E-state index in [4.69, 9.17) is 19.7 Å². The quantitative estimate of drug-likeness (QED) is 0.393. The molecule has 2 saturated heterocycles. The van der Waals surface area contributed by atoms with Crippen LogP contribution in [-0.2, 0) is 14.2 Å². The van der Waals surface area contributed by atoms with Gasteiger partial charge in [-0.15, -0.1) is 0 Å². The first-order chi connectivity index (χ1) is 18.5. The van der Waals surface area contributed by atoms with Crippen LogP contribution >= 0.6 is 0 Å². The fourth-order valence-corrected chi connectivity index (χ4v) is 18.5. The summed E-state index contributed by atoms with van der Waals surface area (Å²) in [6.07, 6.45) is 0.433. The van der Waals surface area contributed by atoms with Gasteiger partial charge in [-0.05, 0) is 0 Å². The van der Waals surface area contributed by atoms with E-state index < -0.39 is 48.6 Å². The summed E-state index contributed by atoms with van der Waals surface area (Å²) in [6, 6.07) is 31.9. The van der Waals surface area contributed by atoms with Gasteiger partial charge in [-0.2, -0.15) is 0 Å². The zero-order valence-electron chi connectivity index (χ0n) is 24.7. The second-order valence-corrected chi connectivity index (χ2v) is 20.1. The number of hydrogen-bond acceptors (Lipinski definition) is 3. The Kier molecular flexibility index (Phi) is 5.89. The van der Waals surface area contributed by atoms with Crippen molar-refractivity contribution in [2.75, 3.05) is 26.8 Å². The van der Waals surface area contributed by atoms with Gasteiger partial charge in [0.1, 0.15) is 0 Å². The van der Waals surface area contributed by atoms with Crippen molar-refractivity contribution in [2.45, 2.75) is 37.9 Å². The van der Waals surface area contributed by atoms with Gasteiger partial charge in [-0.3, -0.25) is 0 Å². The molecule has 0 bridgehead atoms. The summed E-state index contributed by atoms with van der Waals surface area (Å²) in [7, 11) is 1.32. The van der Waals surface area contributed by atoms with E-state index in [1.165, 1.54) is 17.8 Å². The van der Waals surface area contributed by atoms with Gasteiger partial charge in [-0.25, -0.2) is 0 Å². The standard InChI is InChI=1S/C13H21O3.3C6H5.Sn/c1-10-5-7-15-13(3)11(10)9-16-12(13,2)6-8-14-4;3*1-2-4-6-5-3-1;/h1,11H,5-9H2,2-4H3;3*1-5H;/t11-,12-,13+;;;;/m1..../s1/i8D2,9D2;;;;. The minimum absolute atomic E-state index is 0.152. The summed E-state index contributed by atoms with van der Waals surface area (Å²) >= 11 is -3.88. The van der Waals surface area contributed by atoms with Gasteiger partial charge in [0, 0.05) is 0 Å². The van der Waals surface area contributed by atoms with Crippen molar-refractivity contribution in [1.82, 2.24) is 0 Å². The molecule has 0 aliphatic carbocycles. The predicted octanol–water partition coefficient (Wildman–Crippen LogP) is 4.24. The Labute approximate surface area is 219 Å². The van der Waals surface area contributed by atoms with Crippen LogP contribution in [0, 0.1) is 5.92 Å². The molecule has 0 spiro atoms. The van der Waals surface area contributed by atoms with Crippen LogP contribution in [0.1, 0.15) is 32.2 Å². The number of rotatable bonds is 7. The molecule has 0 N–H and O–H groups in total. The van der Waals surface area contributed by atoms with Crippen LogP contribution in [0.2, 0.25) is 0 Å². The normalized spacial score (nSPS) is 31.2. The molecule has 3 aromatic rings. The Morgan fingerprint density at radius 3 is 1.91 bits per heavy atom. The third-order valence-corrected chi connectivity index (χ3v) is 20.8. The molecule has 2 heterocycles. The number of benzene rings is 3. The molecule has 35 heavy (non-hydrogen) atoms. The second kappa shape index (κ2) is 10.2. The molecule has 2 fully saturated rings. The maximum absolute atomic E-state index is 9.09. The second-order valence-electron chi connectivity index (χ2n) is 9.74. The molecule has 3 atom stereocenters. The summed E-state index contributed by atoms with van der Waals surface area (Å²) in [5, 5.41) is 0. The third kappa shape index (κ3) is 4.31. The maximum atomic E-state index is 9.09. The first-order valence-corrected chi connectivity index (χ1v) is 18.2. The molecule has 0 amide bonds. The van der Waals surface area contributed by atoms with Gasteiger partial charge in [0.05, 0.1) is 0 Å². The van der Waals surface area contributed by atoms with Crippen molar-refractivity contribution in [3.05, 3.63) is 101 Å². The molecule has 3 nitrogen and oxygen atoms in total. The zero-order chi connectivity index (χ0) is 27.9. The molecule has 0 aromatic heterocycles. The molecule has 0 radical (unpaired) electrons. The van der Waals surface area contributed by atoms with Gasteiger partial charge >= 0.3 is 220 Å². The third-order valence-electron chi connectivity index (χ3n) is 7.81. The van der Waals surface area contributed by atoms with Gasteiger partial charge in [0.25, 0.3) is 0 Å². The fourth-order valence-electron chi connectivity index (χ4n) is 5.61. The fraction of sp³-hybridized carbons (Fsp3) is 0.355. The van der Waals surface area contributed by atoms with Crippen LogP contribution in [0.3, 0.4) is 0 Å². The Hall–Kier alpha value is -1.92. The van der Waals surface area contributed by atoms with Gasteiger partial charge in [0.15, 0.2) is 0 Å². The molecule has 2 aliphatic heterocycles. The Morgan fingerprint density at radius 1 is 0.914 bits per heavy atom. The Morgan fingerprint density at radius 2 is 1.43 bits per heavy atom. The van der Waals surface area contributed by atoms with Crippen molar-refractivity contribution >= 4 is 29.1 Å². The molecule has 0 unspecified atom stereocenters.